The molecule has 1 atom stereocenters. The van der Waals surface area contributed by atoms with Gasteiger partial charge in [0.2, 0.25) is 0 Å². The van der Waals surface area contributed by atoms with Gasteiger partial charge in [-0.1, -0.05) is 42.1 Å². The van der Waals surface area contributed by atoms with E-state index in [4.69, 9.17) is 4.74 Å². The molecule has 1 rings (SSSR count). The van der Waals surface area contributed by atoms with Crippen LogP contribution in [0.25, 0.3) is 0 Å². The van der Waals surface area contributed by atoms with E-state index in [1.165, 1.54) is 25.7 Å². The second kappa shape index (κ2) is 8.36. The van der Waals surface area contributed by atoms with Gasteiger partial charge in [0.25, 0.3) is 0 Å². The molecule has 2 nitrogen and oxygen atoms in total. The Kier molecular flexibility index (Phi) is 7.14. The first-order valence-corrected chi connectivity index (χ1v) is 7.81. The van der Waals surface area contributed by atoms with Crippen LogP contribution in [-0.4, -0.2) is 11.9 Å². The average molecular weight is 327 g/mol. The topological polar surface area (TPSA) is 26.3 Å². The highest BCUT2D eigenvalue weighted by Crippen LogP contribution is 2.25. The third kappa shape index (κ3) is 5.77. The molecule has 0 radical (unpaired) electrons. The minimum atomic E-state index is 0.0366. The van der Waals surface area contributed by atoms with Gasteiger partial charge in [-0.05, 0) is 44.9 Å². The van der Waals surface area contributed by atoms with Crippen molar-refractivity contribution < 1.29 is 9.53 Å². The Bertz CT molecular complexity index is 415. The summed E-state index contributed by atoms with van der Waals surface area (Å²) in [7, 11) is 0. The number of ether oxygens (including phenoxy) is 1. The fraction of sp³-hybridized carbons (Fsp3) is 0.562. The van der Waals surface area contributed by atoms with Gasteiger partial charge in [-0.15, -0.1) is 0 Å². The van der Waals surface area contributed by atoms with E-state index in [-0.39, 0.29) is 11.9 Å². The number of carbonyl (C=O) groups excluding carboxylic acids is 1. The van der Waals surface area contributed by atoms with Crippen molar-refractivity contribution in [3.8, 4) is 5.75 Å². The summed E-state index contributed by atoms with van der Waals surface area (Å²) in [5, 5.41) is 0. The molecule has 0 spiro atoms. The number of ketones is 1. The van der Waals surface area contributed by atoms with Crippen molar-refractivity contribution in [2.45, 2.75) is 59.0 Å². The molecule has 106 valence electrons. The molecule has 0 fully saturated rings. The minimum Gasteiger partial charge on any atom is -0.490 e. The van der Waals surface area contributed by atoms with E-state index in [1.807, 2.05) is 18.2 Å². The number of hydrogen-bond acceptors (Lipinski definition) is 2. The van der Waals surface area contributed by atoms with Gasteiger partial charge in [-0.3, -0.25) is 4.79 Å². The third-order valence-electron chi connectivity index (χ3n) is 3.11. The van der Waals surface area contributed by atoms with Crippen LogP contribution in [0.5, 0.6) is 5.75 Å². The van der Waals surface area contributed by atoms with E-state index < -0.39 is 0 Å². The van der Waals surface area contributed by atoms with Gasteiger partial charge in [-0.25, -0.2) is 0 Å². The number of Topliss-reactive ketones (excluding diaryl/α,β-unsaturated/α-hetero) is 1. The molecule has 1 aromatic rings. The van der Waals surface area contributed by atoms with Crippen molar-refractivity contribution in [3.63, 3.8) is 0 Å². The van der Waals surface area contributed by atoms with Gasteiger partial charge in [0, 0.05) is 4.47 Å². The van der Waals surface area contributed by atoms with Crippen LogP contribution in [0.1, 0.15) is 63.2 Å². The first kappa shape index (κ1) is 16.2. The molecule has 0 aromatic heterocycles. The van der Waals surface area contributed by atoms with Gasteiger partial charge < -0.3 is 4.74 Å². The van der Waals surface area contributed by atoms with Crippen molar-refractivity contribution in [2.24, 2.45) is 0 Å². The van der Waals surface area contributed by atoms with Gasteiger partial charge in [0.15, 0.2) is 5.78 Å². The summed E-state index contributed by atoms with van der Waals surface area (Å²) < 4.78 is 6.80. The number of halogens is 1. The normalized spacial score (nSPS) is 12.2. The Hall–Kier alpha value is -0.830. The van der Waals surface area contributed by atoms with Crippen LogP contribution < -0.4 is 4.74 Å². The molecule has 0 saturated heterocycles. The van der Waals surface area contributed by atoms with Crippen molar-refractivity contribution in [1.29, 1.82) is 0 Å². The summed E-state index contributed by atoms with van der Waals surface area (Å²) >= 11 is 3.38. The molecule has 19 heavy (non-hydrogen) atoms. The number of carbonyl (C=O) groups is 1. The molecule has 1 aromatic carbocycles. The number of unbranched alkanes of at least 4 members (excludes halogenated alkanes) is 3. The van der Waals surface area contributed by atoms with Crippen LogP contribution in [0.15, 0.2) is 22.7 Å². The maximum Gasteiger partial charge on any atom is 0.163 e. The molecule has 0 bridgehead atoms. The summed E-state index contributed by atoms with van der Waals surface area (Å²) in [6.07, 6.45) is 6.15. The quantitative estimate of drug-likeness (QED) is 0.473. The zero-order chi connectivity index (χ0) is 14.3. The van der Waals surface area contributed by atoms with E-state index in [0.29, 0.717) is 11.3 Å². The molecular weight excluding hydrogens is 304 g/mol. The fourth-order valence-electron chi connectivity index (χ4n) is 2.01. The van der Waals surface area contributed by atoms with Crippen LogP contribution in [0.4, 0.5) is 0 Å². The highest BCUT2D eigenvalue weighted by atomic mass is 79.9. The monoisotopic (exact) mass is 326 g/mol. The molecule has 0 aliphatic rings. The van der Waals surface area contributed by atoms with Crippen LogP contribution >= 0.6 is 15.9 Å². The maximum atomic E-state index is 11.6. The van der Waals surface area contributed by atoms with E-state index in [9.17, 15) is 4.79 Å². The average Bonchev–Trinajstić information content (AvgIpc) is 2.36. The van der Waals surface area contributed by atoms with E-state index in [1.54, 1.807) is 6.92 Å². The fourth-order valence-corrected chi connectivity index (χ4v) is 2.38. The lowest BCUT2D eigenvalue weighted by molar-refractivity contribution is 0.101. The Morgan fingerprint density at radius 1 is 1.32 bits per heavy atom. The summed E-state index contributed by atoms with van der Waals surface area (Å²) in [5.41, 5.74) is 0.648. The van der Waals surface area contributed by atoms with Crippen molar-refractivity contribution >= 4 is 21.7 Å². The molecule has 0 aliphatic heterocycles. The second-order valence-electron chi connectivity index (χ2n) is 4.97. The van der Waals surface area contributed by atoms with E-state index in [0.717, 1.165) is 10.9 Å². The lowest BCUT2D eigenvalue weighted by atomic mass is 10.1. The zero-order valence-corrected chi connectivity index (χ0v) is 13.6. The van der Waals surface area contributed by atoms with Gasteiger partial charge in [0.1, 0.15) is 5.75 Å². The summed E-state index contributed by atoms with van der Waals surface area (Å²) in [6, 6.07) is 5.59. The summed E-state index contributed by atoms with van der Waals surface area (Å²) in [5.74, 6) is 0.730. The number of rotatable bonds is 8. The van der Waals surface area contributed by atoms with Crippen molar-refractivity contribution in [3.05, 3.63) is 28.2 Å². The van der Waals surface area contributed by atoms with Gasteiger partial charge >= 0.3 is 0 Å². The van der Waals surface area contributed by atoms with E-state index in [2.05, 4.69) is 29.8 Å². The van der Waals surface area contributed by atoms with Gasteiger partial charge in [-0.2, -0.15) is 0 Å². The third-order valence-corrected chi connectivity index (χ3v) is 3.61. The highest BCUT2D eigenvalue weighted by Gasteiger charge is 2.12. The Morgan fingerprint density at radius 2 is 2.05 bits per heavy atom. The lowest BCUT2D eigenvalue weighted by Gasteiger charge is -2.17. The lowest BCUT2D eigenvalue weighted by Crippen LogP contribution is -2.13. The number of benzene rings is 1. The molecule has 0 saturated carbocycles. The summed E-state index contributed by atoms with van der Waals surface area (Å²) in [6.45, 7) is 5.85. The first-order chi connectivity index (χ1) is 9.04. The molecule has 1 unspecified atom stereocenters. The van der Waals surface area contributed by atoms with Crippen molar-refractivity contribution in [1.82, 2.24) is 0 Å². The Morgan fingerprint density at radius 3 is 2.68 bits per heavy atom. The molecule has 0 amide bonds. The molecule has 0 aliphatic carbocycles. The summed E-state index contributed by atoms with van der Waals surface area (Å²) in [4.78, 5) is 11.6. The van der Waals surface area contributed by atoms with Crippen molar-refractivity contribution in [2.75, 3.05) is 0 Å². The van der Waals surface area contributed by atoms with Crippen LogP contribution in [0.3, 0.4) is 0 Å². The second-order valence-corrected chi connectivity index (χ2v) is 5.89. The molecule has 3 heteroatoms. The molecule has 0 heterocycles. The smallest absolute Gasteiger partial charge is 0.163 e. The SMILES string of the molecule is CCCCCCC(C)Oc1ccc(Br)cc1C(C)=O. The number of hydrogen-bond donors (Lipinski definition) is 0. The van der Waals surface area contributed by atoms with Crippen LogP contribution in [-0.2, 0) is 0 Å². The van der Waals surface area contributed by atoms with Crippen LogP contribution in [0, 0.1) is 0 Å². The van der Waals surface area contributed by atoms with Crippen LogP contribution in [0.2, 0.25) is 0 Å². The molecular formula is C16H23BrO2. The predicted molar refractivity (Wildman–Crippen MR) is 83.0 cm³/mol. The molecule has 0 N–H and O–H groups in total. The standard InChI is InChI=1S/C16H23BrO2/c1-4-5-6-7-8-12(2)19-16-10-9-14(17)11-15(16)13(3)18/h9-12H,4-8H2,1-3H3. The largest absolute Gasteiger partial charge is 0.490 e. The minimum absolute atomic E-state index is 0.0366. The Balaban J connectivity index is 2.58. The zero-order valence-electron chi connectivity index (χ0n) is 12.0. The first-order valence-electron chi connectivity index (χ1n) is 7.01. The highest BCUT2D eigenvalue weighted by molar-refractivity contribution is 9.10. The van der Waals surface area contributed by atoms with E-state index >= 15 is 0 Å². The Labute approximate surface area is 124 Å². The van der Waals surface area contributed by atoms with Gasteiger partial charge in [0.05, 0.1) is 11.7 Å². The predicted octanol–water partition coefficient (Wildman–Crippen LogP) is 5.39. The maximum absolute atomic E-state index is 11.6.